The van der Waals surface area contributed by atoms with Crippen molar-refractivity contribution in [2.75, 3.05) is 5.73 Å². The minimum Gasteiger partial charge on any atom is -0.382 e. The van der Waals surface area contributed by atoms with Crippen LogP contribution in [0.25, 0.3) is 0 Å². The van der Waals surface area contributed by atoms with E-state index in [0.29, 0.717) is 12.4 Å². The number of anilines is 1. The molecule has 5 heteroatoms. The first-order valence-corrected chi connectivity index (χ1v) is 4.01. The van der Waals surface area contributed by atoms with E-state index in [1.807, 2.05) is 25.5 Å². The molecular weight excluding hydrogens is 166 g/mol. The predicted molar refractivity (Wildman–Crippen MR) is 48.9 cm³/mol. The largest absolute Gasteiger partial charge is 0.382 e. The highest BCUT2D eigenvalue weighted by molar-refractivity contribution is 5.24. The van der Waals surface area contributed by atoms with E-state index in [1.165, 1.54) is 0 Å². The highest BCUT2D eigenvalue weighted by Crippen LogP contribution is 2.00. The Morgan fingerprint density at radius 2 is 2.15 bits per heavy atom. The quantitative estimate of drug-likeness (QED) is 0.715. The summed E-state index contributed by atoms with van der Waals surface area (Å²) in [4.78, 5) is 0. The number of rotatable bonds is 2. The molecule has 0 atom stereocenters. The summed E-state index contributed by atoms with van der Waals surface area (Å²) in [6, 6.07) is 3.72. The third-order valence-corrected chi connectivity index (χ3v) is 1.75. The van der Waals surface area contributed by atoms with E-state index in [1.54, 1.807) is 15.4 Å². The van der Waals surface area contributed by atoms with Crippen molar-refractivity contribution in [2.45, 2.75) is 6.54 Å². The van der Waals surface area contributed by atoms with Gasteiger partial charge in [-0.25, -0.2) is 0 Å². The monoisotopic (exact) mass is 177 g/mol. The molecule has 2 aromatic heterocycles. The summed E-state index contributed by atoms with van der Waals surface area (Å²) in [5, 5.41) is 8.29. The minimum atomic E-state index is 0.538. The molecule has 5 nitrogen and oxygen atoms in total. The maximum absolute atomic E-state index is 5.48. The van der Waals surface area contributed by atoms with Crippen LogP contribution in [0.3, 0.4) is 0 Å². The van der Waals surface area contributed by atoms with Gasteiger partial charge in [-0.3, -0.25) is 9.36 Å². The first-order chi connectivity index (χ1) is 6.24. The van der Waals surface area contributed by atoms with Gasteiger partial charge in [0.2, 0.25) is 0 Å². The van der Waals surface area contributed by atoms with Crippen LogP contribution in [0.1, 0.15) is 5.69 Å². The minimum absolute atomic E-state index is 0.538. The highest BCUT2D eigenvalue weighted by atomic mass is 15.3. The summed E-state index contributed by atoms with van der Waals surface area (Å²) in [7, 11) is 1.89. The van der Waals surface area contributed by atoms with Gasteiger partial charge in [0.1, 0.15) is 5.82 Å². The molecule has 0 aliphatic carbocycles. The second-order valence-corrected chi connectivity index (χ2v) is 2.92. The third kappa shape index (κ3) is 1.69. The van der Waals surface area contributed by atoms with Crippen LogP contribution in [0.4, 0.5) is 5.82 Å². The van der Waals surface area contributed by atoms with Gasteiger partial charge in [-0.05, 0) is 12.1 Å². The molecule has 0 saturated heterocycles. The summed E-state index contributed by atoms with van der Waals surface area (Å²) in [5.41, 5.74) is 6.46. The van der Waals surface area contributed by atoms with Crippen molar-refractivity contribution in [3.8, 4) is 0 Å². The molecule has 68 valence electrons. The number of aromatic nitrogens is 4. The molecule has 0 aromatic carbocycles. The van der Waals surface area contributed by atoms with Crippen molar-refractivity contribution in [1.29, 1.82) is 0 Å². The van der Waals surface area contributed by atoms with Crippen LogP contribution in [0.15, 0.2) is 24.5 Å². The Hall–Kier alpha value is -1.78. The summed E-state index contributed by atoms with van der Waals surface area (Å²) < 4.78 is 3.53. The van der Waals surface area contributed by atoms with Crippen LogP contribution in [-0.2, 0) is 13.6 Å². The van der Waals surface area contributed by atoms with Crippen molar-refractivity contribution in [2.24, 2.45) is 7.05 Å². The van der Waals surface area contributed by atoms with E-state index in [9.17, 15) is 0 Å². The number of hydrogen-bond donors (Lipinski definition) is 1. The number of aryl methyl sites for hydroxylation is 1. The molecule has 0 unspecified atom stereocenters. The van der Waals surface area contributed by atoms with Crippen LogP contribution in [0.2, 0.25) is 0 Å². The molecule has 0 amide bonds. The summed E-state index contributed by atoms with van der Waals surface area (Å²) >= 11 is 0. The van der Waals surface area contributed by atoms with Gasteiger partial charge in [0.15, 0.2) is 0 Å². The molecule has 2 rings (SSSR count). The third-order valence-electron chi connectivity index (χ3n) is 1.75. The van der Waals surface area contributed by atoms with Crippen LogP contribution in [0, 0.1) is 0 Å². The number of hydrogen-bond acceptors (Lipinski definition) is 3. The Morgan fingerprint density at radius 1 is 1.31 bits per heavy atom. The molecule has 2 heterocycles. The number of nitrogen functional groups attached to an aromatic ring is 1. The van der Waals surface area contributed by atoms with E-state index >= 15 is 0 Å². The normalized spacial score (nSPS) is 10.5. The molecule has 0 radical (unpaired) electrons. The Labute approximate surface area is 75.8 Å². The fourth-order valence-corrected chi connectivity index (χ4v) is 1.18. The van der Waals surface area contributed by atoms with Crippen molar-refractivity contribution >= 4 is 5.82 Å². The zero-order valence-electron chi connectivity index (χ0n) is 7.38. The lowest BCUT2D eigenvalue weighted by Crippen LogP contribution is -2.02. The molecule has 13 heavy (non-hydrogen) atoms. The van der Waals surface area contributed by atoms with Crippen molar-refractivity contribution in [1.82, 2.24) is 19.6 Å². The highest BCUT2D eigenvalue weighted by Gasteiger charge is 1.99. The lowest BCUT2D eigenvalue weighted by molar-refractivity contribution is 0.652. The van der Waals surface area contributed by atoms with Gasteiger partial charge in [0, 0.05) is 19.4 Å². The number of nitrogens with zero attached hydrogens (tertiary/aromatic N) is 4. The second-order valence-electron chi connectivity index (χ2n) is 2.92. The molecule has 2 N–H and O–H groups in total. The topological polar surface area (TPSA) is 61.7 Å². The van der Waals surface area contributed by atoms with Gasteiger partial charge < -0.3 is 5.73 Å². The van der Waals surface area contributed by atoms with Crippen molar-refractivity contribution in [3.63, 3.8) is 0 Å². The van der Waals surface area contributed by atoms with Gasteiger partial charge in [-0.15, -0.1) is 0 Å². The van der Waals surface area contributed by atoms with Gasteiger partial charge in [0.05, 0.1) is 12.2 Å². The van der Waals surface area contributed by atoms with Crippen LogP contribution < -0.4 is 5.73 Å². The summed E-state index contributed by atoms with van der Waals surface area (Å²) in [6.07, 6.45) is 3.74. The molecule has 0 spiro atoms. The summed E-state index contributed by atoms with van der Waals surface area (Å²) in [6.45, 7) is 0.665. The van der Waals surface area contributed by atoms with Gasteiger partial charge in [-0.2, -0.15) is 10.2 Å². The molecule has 2 aromatic rings. The van der Waals surface area contributed by atoms with Crippen molar-refractivity contribution in [3.05, 3.63) is 30.2 Å². The first-order valence-electron chi connectivity index (χ1n) is 4.01. The van der Waals surface area contributed by atoms with E-state index < -0.39 is 0 Å². The lowest BCUT2D eigenvalue weighted by atomic mass is 10.4. The fraction of sp³-hybridized carbons (Fsp3) is 0.250. The second kappa shape index (κ2) is 2.93. The Bertz CT molecular complexity index is 362. The molecule has 0 bridgehead atoms. The maximum atomic E-state index is 5.48. The standard InChI is InChI=1S/C8H11N5/c1-12-4-2-7(10-12)6-13-5-3-8(9)11-13/h2-5H,6H2,1H3,(H2,9,11). The first kappa shape index (κ1) is 7.85. The van der Waals surface area contributed by atoms with Crippen LogP contribution >= 0.6 is 0 Å². The SMILES string of the molecule is Cn1ccc(Cn2ccc(N)n2)n1. The Morgan fingerprint density at radius 3 is 2.69 bits per heavy atom. The van der Waals surface area contributed by atoms with E-state index in [2.05, 4.69) is 10.2 Å². The van der Waals surface area contributed by atoms with Gasteiger partial charge in [0.25, 0.3) is 0 Å². The van der Waals surface area contributed by atoms with Gasteiger partial charge >= 0.3 is 0 Å². The van der Waals surface area contributed by atoms with E-state index in [0.717, 1.165) is 5.69 Å². The summed E-state index contributed by atoms with van der Waals surface area (Å²) in [5.74, 6) is 0.538. The van der Waals surface area contributed by atoms with Crippen molar-refractivity contribution < 1.29 is 0 Å². The van der Waals surface area contributed by atoms with Gasteiger partial charge in [-0.1, -0.05) is 0 Å². The van der Waals surface area contributed by atoms with E-state index in [-0.39, 0.29) is 0 Å². The predicted octanol–water partition coefficient (Wildman–Crippen LogP) is 0.247. The average molecular weight is 177 g/mol. The zero-order valence-corrected chi connectivity index (χ0v) is 7.38. The van der Waals surface area contributed by atoms with E-state index in [4.69, 9.17) is 5.73 Å². The van der Waals surface area contributed by atoms with Crippen LogP contribution in [0.5, 0.6) is 0 Å². The molecular formula is C8H11N5. The molecule has 0 aliphatic rings. The Kier molecular flexibility index (Phi) is 1.77. The number of nitrogens with two attached hydrogens (primary N) is 1. The zero-order chi connectivity index (χ0) is 9.26. The fourth-order valence-electron chi connectivity index (χ4n) is 1.18. The lowest BCUT2D eigenvalue weighted by Gasteiger charge is -1.95. The molecule has 0 fully saturated rings. The Balaban J connectivity index is 2.14. The van der Waals surface area contributed by atoms with Crippen LogP contribution in [-0.4, -0.2) is 19.6 Å². The maximum Gasteiger partial charge on any atom is 0.145 e. The molecule has 0 saturated carbocycles. The average Bonchev–Trinajstić information content (AvgIpc) is 2.62. The molecule has 0 aliphatic heterocycles. The smallest absolute Gasteiger partial charge is 0.145 e.